The maximum atomic E-state index is 10.8. The average molecular weight is 226 g/mol. The van der Waals surface area contributed by atoms with Gasteiger partial charge >= 0.3 is 5.97 Å². The van der Waals surface area contributed by atoms with Gasteiger partial charge in [-0.2, -0.15) is 0 Å². The van der Waals surface area contributed by atoms with Crippen molar-refractivity contribution in [3.63, 3.8) is 0 Å². The highest BCUT2D eigenvalue weighted by Crippen LogP contribution is 2.28. The third-order valence-electron chi connectivity index (χ3n) is 3.81. The van der Waals surface area contributed by atoms with Crippen LogP contribution < -0.4 is 0 Å². The molecule has 1 N–H and O–H groups in total. The lowest BCUT2D eigenvalue weighted by Gasteiger charge is -2.38. The molecule has 1 aliphatic carbocycles. The molecule has 0 aromatic heterocycles. The highest BCUT2D eigenvalue weighted by molar-refractivity contribution is 5.67. The van der Waals surface area contributed by atoms with Crippen LogP contribution >= 0.6 is 0 Å². The Bertz CT molecular complexity index is 245. The van der Waals surface area contributed by atoms with Crippen molar-refractivity contribution >= 4 is 5.97 Å². The molecule has 0 radical (unpaired) electrons. The molecule has 1 heterocycles. The van der Waals surface area contributed by atoms with Crippen molar-refractivity contribution in [2.45, 2.75) is 44.7 Å². The van der Waals surface area contributed by atoms with E-state index >= 15 is 0 Å². The molecule has 92 valence electrons. The summed E-state index contributed by atoms with van der Waals surface area (Å²) in [6.07, 6.45) is 3.97. The molecule has 2 aliphatic rings. The summed E-state index contributed by atoms with van der Waals surface area (Å²) in [5, 5.41) is 8.86. The van der Waals surface area contributed by atoms with Crippen molar-refractivity contribution in [1.29, 1.82) is 0 Å². The first-order valence-electron chi connectivity index (χ1n) is 6.40. The molecule has 1 saturated heterocycles. The van der Waals surface area contributed by atoms with Gasteiger partial charge in [0, 0.05) is 38.3 Å². The predicted molar refractivity (Wildman–Crippen MR) is 62.5 cm³/mol. The molecule has 1 atom stereocenters. The largest absolute Gasteiger partial charge is 0.481 e. The topological polar surface area (TPSA) is 43.8 Å². The Morgan fingerprint density at radius 1 is 1.31 bits per heavy atom. The fourth-order valence-electron chi connectivity index (χ4n) is 2.64. The molecule has 1 aliphatic heterocycles. The van der Waals surface area contributed by atoms with Crippen molar-refractivity contribution in [2.24, 2.45) is 0 Å². The van der Waals surface area contributed by atoms with Crippen molar-refractivity contribution in [3.8, 4) is 0 Å². The fraction of sp³-hybridized carbons (Fsp3) is 0.917. The smallest absolute Gasteiger partial charge is 0.304 e. The number of piperazine rings is 1. The highest BCUT2D eigenvalue weighted by Gasteiger charge is 2.32. The first-order chi connectivity index (χ1) is 7.70. The van der Waals surface area contributed by atoms with Gasteiger partial charge in [0.25, 0.3) is 0 Å². The van der Waals surface area contributed by atoms with Crippen LogP contribution in [0.2, 0.25) is 0 Å². The predicted octanol–water partition coefficient (Wildman–Crippen LogP) is 1.02. The van der Waals surface area contributed by atoms with Crippen LogP contribution in [0.3, 0.4) is 0 Å². The first-order valence-corrected chi connectivity index (χ1v) is 6.40. The van der Waals surface area contributed by atoms with E-state index in [0.29, 0.717) is 6.42 Å². The van der Waals surface area contributed by atoms with Gasteiger partial charge in [-0.15, -0.1) is 0 Å². The molecule has 0 amide bonds. The minimum absolute atomic E-state index is 0.235. The molecule has 0 aromatic carbocycles. The molecule has 4 nitrogen and oxygen atoms in total. The summed E-state index contributed by atoms with van der Waals surface area (Å²) in [5.74, 6) is -0.670. The molecule has 16 heavy (non-hydrogen) atoms. The Morgan fingerprint density at radius 2 is 1.94 bits per heavy atom. The summed E-state index contributed by atoms with van der Waals surface area (Å²) in [4.78, 5) is 15.7. The first kappa shape index (κ1) is 11.9. The minimum Gasteiger partial charge on any atom is -0.481 e. The lowest BCUT2D eigenvalue weighted by molar-refractivity contribution is -0.138. The van der Waals surface area contributed by atoms with Crippen LogP contribution in [0.5, 0.6) is 0 Å². The van der Waals surface area contributed by atoms with Gasteiger partial charge in [-0.3, -0.25) is 14.6 Å². The number of carboxylic acid groups (broad SMARTS) is 1. The molecule has 0 spiro atoms. The van der Waals surface area contributed by atoms with Crippen molar-refractivity contribution in [1.82, 2.24) is 9.80 Å². The SMILES string of the molecule is CCC(CC(=O)O)N1CCN(C2CC2)CC1. The van der Waals surface area contributed by atoms with E-state index in [-0.39, 0.29) is 6.04 Å². The molecule has 2 rings (SSSR count). The van der Waals surface area contributed by atoms with E-state index in [1.807, 2.05) is 0 Å². The van der Waals surface area contributed by atoms with Crippen molar-refractivity contribution in [2.75, 3.05) is 26.2 Å². The normalized spacial score (nSPS) is 25.6. The lowest BCUT2D eigenvalue weighted by Crippen LogP contribution is -2.51. The van der Waals surface area contributed by atoms with Gasteiger partial charge in [0.05, 0.1) is 6.42 Å². The van der Waals surface area contributed by atoms with Crippen LogP contribution in [0.4, 0.5) is 0 Å². The highest BCUT2D eigenvalue weighted by atomic mass is 16.4. The minimum atomic E-state index is -0.670. The van der Waals surface area contributed by atoms with Gasteiger partial charge < -0.3 is 5.11 Å². The lowest BCUT2D eigenvalue weighted by atomic mass is 10.1. The molecule has 0 aromatic rings. The number of aliphatic carboxylic acids is 1. The Morgan fingerprint density at radius 3 is 2.38 bits per heavy atom. The Labute approximate surface area is 97.2 Å². The second kappa shape index (κ2) is 5.15. The number of hydrogen-bond acceptors (Lipinski definition) is 3. The summed E-state index contributed by atoms with van der Waals surface area (Å²) in [5.41, 5.74) is 0. The molecule has 1 saturated carbocycles. The fourth-order valence-corrected chi connectivity index (χ4v) is 2.64. The molecule has 4 heteroatoms. The average Bonchev–Trinajstić information content (AvgIpc) is 3.10. The zero-order valence-electron chi connectivity index (χ0n) is 10.1. The third-order valence-corrected chi connectivity index (χ3v) is 3.81. The molecular formula is C12H22N2O2. The summed E-state index contributed by atoms with van der Waals surface area (Å²) < 4.78 is 0. The monoisotopic (exact) mass is 226 g/mol. The second-order valence-corrected chi connectivity index (χ2v) is 4.96. The van der Waals surface area contributed by atoms with E-state index in [9.17, 15) is 4.79 Å². The van der Waals surface area contributed by atoms with Gasteiger partial charge in [-0.05, 0) is 19.3 Å². The van der Waals surface area contributed by atoms with Crippen molar-refractivity contribution in [3.05, 3.63) is 0 Å². The van der Waals surface area contributed by atoms with Gasteiger partial charge in [0.1, 0.15) is 0 Å². The van der Waals surface area contributed by atoms with E-state index in [0.717, 1.165) is 38.6 Å². The summed E-state index contributed by atoms with van der Waals surface area (Å²) >= 11 is 0. The molecule has 1 unspecified atom stereocenters. The van der Waals surface area contributed by atoms with Gasteiger partial charge in [0.15, 0.2) is 0 Å². The van der Waals surface area contributed by atoms with E-state index in [1.54, 1.807) is 0 Å². The third kappa shape index (κ3) is 2.95. The molecular weight excluding hydrogens is 204 g/mol. The number of carbonyl (C=O) groups is 1. The maximum absolute atomic E-state index is 10.8. The Hall–Kier alpha value is -0.610. The maximum Gasteiger partial charge on any atom is 0.304 e. The quantitative estimate of drug-likeness (QED) is 0.760. The van der Waals surface area contributed by atoms with Crippen molar-refractivity contribution < 1.29 is 9.90 Å². The van der Waals surface area contributed by atoms with Gasteiger partial charge in [0.2, 0.25) is 0 Å². The number of carboxylic acids is 1. The van der Waals surface area contributed by atoms with E-state index in [4.69, 9.17) is 5.11 Å². The summed E-state index contributed by atoms with van der Waals surface area (Å²) in [6.45, 7) is 6.42. The van der Waals surface area contributed by atoms with E-state index < -0.39 is 5.97 Å². The van der Waals surface area contributed by atoms with Crippen LogP contribution in [0.15, 0.2) is 0 Å². The molecule has 2 fully saturated rings. The van der Waals surface area contributed by atoms with E-state index in [1.165, 1.54) is 12.8 Å². The number of rotatable bonds is 5. The standard InChI is InChI=1S/C12H22N2O2/c1-2-10(9-12(15)16)13-5-7-14(8-6-13)11-3-4-11/h10-11H,2-9H2,1H3,(H,15,16). The molecule has 0 bridgehead atoms. The van der Waals surface area contributed by atoms with Gasteiger partial charge in [-0.25, -0.2) is 0 Å². The second-order valence-electron chi connectivity index (χ2n) is 4.96. The Balaban J connectivity index is 1.78. The van der Waals surface area contributed by atoms with E-state index in [2.05, 4.69) is 16.7 Å². The van der Waals surface area contributed by atoms with Gasteiger partial charge in [-0.1, -0.05) is 6.92 Å². The zero-order chi connectivity index (χ0) is 11.5. The summed E-state index contributed by atoms with van der Waals surface area (Å²) in [7, 11) is 0. The number of hydrogen-bond donors (Lipinski definition) is 1. The Kier molecular flexibility index (Phi) is 3.82. The van der Waals surface area contributed by atoms with Crippen LogP contribution in [0.1, 0.15) is 32.6 Å². The van der Waals surface area contributed by atoms with Crippen LogP contribution in [-0.4, -0.2) is 59.1 Å². The zero-order valence-corrected chi connectivity index (χ0v) is 10.1. The number of nitrogens with zero attached hydrogens (tertiary/aromatic N) is 2. The van der Waals surface area contributed by atoms with Crippen LogP contribution in [-0.2, 0) is 4.79 Å². The summed E-state index contributed by atoms with van der Waals surface area (Å²) in [6, 6.07) is 1.08. The van der Waals surface area contributed by atoms with Crippen LogP contribution in [0, 0.1) is 0 Å². The van der Waals surface area contributed by atoms with Crippen LogP contribution in [0.25, 0.3) is 0 Å².